The monoisotopic (exact) mass is 393 g/mol. The molecule has 0 spiro atoms. The zero-order valence-electron chi connectivity index (χ0n) is 14.5. The molecule has 1 saturated heterocycles. The highest BCUT2D eigenvalue weighted by Gasteiger charge is 2.27. The molecule has 2 aromatic rings. The first-order chi connectivity index (χ1) is 12.5. The van der Waals surface area contributed by atoms with Crippen molar-refractivity contribution in [1.82, 2.24) is 4.90 Å². The number of carbonyl (C=O) groups excluding carboxylic acids is 1. The number of piperidine rings is 1. The van der Waals surface area contributed by atoms with E-state index in [9.17, 15) is 9.90 Å². The Kier molecular flexibility index (Phi) is 6.07. The Balaban J connectivity index is 1.71. The van der Waals surface area contributed by atoms with Gasteiger partial charge in [0.1, 0.15) is 0 Å². The molecule has 1 N–H and O–H groups in total. The lowest BCUT2D eigenvalue weighted by atomic mass is 9.90. The van der Waals surface area contributed by atoms with E-state index in [1.165, 1.54) is 7.11 Å². The first-order valence-corrected chi connectivity index (χ1v) is 9.31. The number of aromatic hydroxyl groups is 1. The minimum Gasteiger partial charge on any atom is -0.503 e. The summed E-state index contributed by atoms with van der Waals surface area (Å²) in [7, 11) is 1.50. The fourth-order valence-electron chi connectivity index (χ4n) is 3.42. The van der Waals surface area contributed by atoms with Gasteiger partial charge in [0, 0.05) is 29.6 Å². The molecule has 138 valence electrons. The van der Waals surface area contributed by atoms with Gasteiger partial charge in [-0.1, -0.05) is 35.3 Å². The number of phenolic OH excluding ortho intramolecular Hbond substituents is 1. The zero-order valence-corrected chi connectivity index (χ0v) is 16.1. The van der Waals surface area contributed by atoms with E-state index in [2.05, 4.69) is 4.90 Å². The maximum absolute atomic E-state index is 12.8. The smallest absolute Gasteiger partial charge is 0.176 e. The molecule has 6 heteroatoms. The number of rotatable bonds is 5. The van der Waals surface area contributed by atoms with E-state index in [0.717, 1.165) is 24.9 Å². The Hall–Kier alpha value is -1.75. The van der Waals surface area contributed by atoms with E-state index in [1.807, 2.05) is 6.07 Å². The number of phenols is 1. The molecule has 0 saturated carbocycles. The van der Waals surface area contributed by atoms with E-state index >= 15 is 0 Å². The maximum atomic E-state index is 12.8. The average Bonchev–Trinajstić information content (AvgIpc) is 2.64. The Morgan fingerprint density at radius 3 is 2.85 bits per heavy atom. The van der Waals surface area contributed by atoms with Gasteiger partial charge in [0.05, 0.1) is 12.1 Å². The molecule has 0 bridgehead atoms. The van der Waals surface area contributed by atoms with Crippen molar-refractivity contribution in [2.75, 3.05) is 20.2 Å². The molecule has 0 aliphatic carbocycles. The largest absolute Gasteiger partial charge is 0.503 e. The van der Waals surface area contributed by atoms with Crippen molar-refractivity contribution in [3.63, 3.8) is 0 Å². The summed E-state index contributed by atoms with van der Waals surface area (Å²) in [6, 6.07) is 10.6. The third-order valence-electron chi connectivity index (χ3n) is 4.70. The van der Waals surface area contributed by atoms with Crippen molar-refractivity contribution < 1.29 is 14.6 Å². The number of ether oxygens (including phenoxy) is 1. The van der Waals surface area contributed by atoms with E-state index in [-0.39, 0.29) is 22.5 Å². The second-order valence-electron chi connectivity index (χ2n) is 6.58. The highest BCUT2D eigenvalue weighted by molar-refractivity contribution is 6.32. The normalized spacial score (nSPS) is 17.9. The summed E-state index contributed by atoms with van der Waals surface area (Å²) in [4.78, 5) is 15.0. The summed E-state index contributed by atoms with van der Waals surface area (Å²) < 4.78 is 5.16. The number of Topliss-reactive ketones (excluding diaryl/α,β-unsaturated/α-hetero) is 1. The third-order valence-corrected chi connectivity index (χ3v) is 5.22. The number of benzene rings is 2. The van der Waals surface area contributed by atoms with Gasteiger partial charge in [0.25, 0.3) is 0 Å². The van der Waals surface area contributed by atoms with Crippen LogP contribution in [0.3, 0.4) is 0 Å². The van der Waals surface area contributed by atoms with Crippen LogP contribution in [-0.4, -0.2) is 36.0 Å². The average molecular weight is 394 g/mol. The molecule has 1 aliphatic heterocycles. The van der Waals surface area contributed by atoms with Crippen molar-refractivity contribution in [3.05, 3.63) is 57.6 Å². The summed E-state index contributed by atoms with van der Waals surface area (Å²) in [5, 5.41) is 10.7. The Labute approximate surface area is 163 Å². The molecule has 1 aliphatic rings. The summed E-state index contributed by atoms with van der Waals surface area (Å²) >= 11 is 12.1. The summed E-state index contributed by atoms with van der Waals surface area (Å²) in [5.74, 6) is 0.400. The van der Waals surface area contributed by atoms with E-state index in [0.29, 0.717) is 29.4 Å². The second kappa shape index (κ2) is 8.30. The molecular weight excluding hydrogens is 373 g/mol. The van der Waals surface area contributed by atoms with Crippen molar-refractivity contribution in [2.24, 2.45) is 5.92 Å². The number of halogens is 2. The SMILES string of the molecule is COc1cc(CN2CCC[C@@H](C(=O)c3cccc(Cl)c3)C2)cc(Cl)c1O. The van der Waals surface area contributed by atoms with Gasteiger partial charge in [-0.15, -0.1) is 0 Å². The Morgan fingerprint density at radius 2 is 2.12 bits per heavy atom. The van der Waals surface area contributed by atoms with E-state index < -0.39 is 0 Å². The summed E-state index contributed by atoms with van der Waals surface area (Å²) in [6.45, 7) is 2.25. The van der Waals surface area contributed by atoms with Gasteiger partial charge in [-0.05, 0) is 49.2 Å². The van der Waals surface area contributed by atoms with E-state index in [1.54, 1.807) is 30.3 Å². The lowest BCUT2D eigenvalue weighted by Crippen LogP contribution is -2.38. The van der Waals surface area contributed by atoms with Gasteiger partial charge in [-0.25, -0.2) is 0 Å². The number of carbonyl (C=O) groups is 1. The molecule has 1 heterocycles. The molecule has 2 aromatic carbocycles. The van der Waals surface area contributed by atoms with Crippen LogP contribution in [0.25, 0.3) is 0 Å². The third kappa shape index (κ3) is 4.32. The highest BCUT2D eigenvalue weighted by atomic mass is 35.5. The Morgan fingerprint density at radius 1 is 1.31 bits per heavy atom. The molecule has 0 aromatic heterocycles. The number of hydrogen-bond acceptors (Lipinski definition) is 4. The fraction of sp³-hybridized carbons (Fsp3) is 0.350. The van der Waals surface area contributed by atoms with Crippen molar-refractivity contribution in [1.29, 1.82) is 0 Å². The molecule has 1 fully saturated rings. The van der Waals surface area contributed by atoms with Crippen molar-refractivity contribution >= 4 is 29.0 Å². The topological polar surface area (TPSA) is 49.8 Å². The zero-order chi connectivity index (χ0) is 18.7. The second-order valence-corrected chi connectivity index (χ2v) is 7.42. The lowest BCUT2D eigenvalue weighted by Gasteiger charge is -2.32. The number of nitrogens with zero attached hydrogens (tertiary/aromatic N) is 1. The molecule has 0 radical (unpaired) electrons. The molecule has 4 nitrogen and oxygen atoms in total. The minimum absolute atomic E-state index is 0.0447. The first kappa shape index (κ1) is 19.0. The maximum Gasteiger partial charge on any atom is 0.176 e. The van der Waals surface area contributed by atoms with Crippen LogP contribution in [-0.2, 0) is 6.54 Å². The van der Waals surface area contributed by atoms with Gasteiger partial charge in [-0.3, -0.25) is 9.69 Å². The molecular formula is C20H21Cl2NO3. The number of ketones is 1. The van der Waals surface area contributed by atoms with Crippen molar-refractivity contribution in [2.45, 2.75) is 19.4 Å². The van der Waals surface area contributed by atoms with Crippen LogP contribution in [0.1, 0.15) is 28.8 Å². The Bertz CT molecular complexity index is 810. The summed E-state index contributed by atoms with van der Waals surface area (Å²) in [5.41, 5.74) is 1.61. The van der Waals surface area contributed by atoms with Crippen LogP contribution in [0.15, 0.2) is 36.4 Å². The first-order valence-electron chi connectivity index (χ1n) is 8.55. The van der Waals surface area contributed by atoms with Gasteiger partial charge in [0.2, 0.25) is 0 Å². The van der Waals surface area contributed by atoms with Crippen molar-refractivity contribution in [3.8, 4) is 11.5 Å². The molecule has 0 amide bonds. The standard InChI is InChI=1S/C20H21Cl2NO3/c1-26-18-9-13(8-17(22)20(18)25)11-23-7-3-5-15(12-23)19(24)14-4-2-6-16(21)10-14/h2,4,6,8-10,15,25H,3,5,7,11-12H2,1H3/t15-/m1/s1. The van der Waals surface area contributed by atoms with Gasteiger partial charge < -0.3 is 9.84 Å². The number of likely N-dealkylation sites (tertiary alicyclic amines) is 1. The van der Waals surface area contributed by atoms with Crippen LogP contribution >= 0.6 is 23.2 Å². The van der Waals surface area contributed by atoms with Gasteiger partial charge in [-0.2, -0.15) is 0 Å². The summed E-state index contributed by atoms with van der Waals surface area (Å²) in [6.07, 6.45) is 1.83. The quantitative estimate of drug-likeness (QED) is 0.740. The van der Waals surface area contributed by atoms with Crippen LogP contribution in [0, 0.1) is 5.92 Å². The fourth-order valence-corrected chi connectivity index (χ4v) is 3.85. The number of methoxy groups -OCH3 is 1. The molecule has 1 atom stereocenters. The number of hydrogen-bond donors (Lipinski definition) is 1. The molecule has 26 heavy (non-hydrogen) atoms. The molecule has 0 unspecified atom stereocenters. The predicted molar refractivity (Wildman–Crippen MR) is 103 cm³/mol. The van der Waals surface area contributed by atoms with Crippen LogP contribution in [0.5, 0.6) is 11.5 Å². The predicted octanol–water partition coefficient (Wildman–Crippen LogP) is 4.80. The highest BCUT2D eigenvalue weighted by Crippen LogP contribution is 2.35. The van der Waals surface area contributed by atoms with Crippen LogP contribution in [0.2, 0.25) is 10.0 Å². The van der Waals surface area contributed by atoms with E-state index in [4.69, 9.17) is 27.9 Å². The van der Waals surface area contributed by atoms with Crippen LogP contribution < -0.4 is 4.74 Å². The van der Waals surface area contributed by atoms with Gasteiger partial charge in [0.15, 0.2) is 17.3 Å². The van der Waals surface area contributed by atoms with Crippen LogP contribution in [0.4, 0.5) is 0 Å². The lowest BCUT2D eigenvalue weighted by molar-refractivity contribution is 0.0811. The van der Waals surface area contributed by atoms with Gasteiger partial charge >= 0.3 is 0 Å². The minimum atomic E-state index is -0.0504. The molecule has 3 rings (SSSR count).